The average Bonchev–Trinajstić information content (AvgIpc) is 2.58. The molecule has 1 aromatic heterocycles. The lowest BCUT2D eigenvalue weighted by atomic mass is 10.0. The zero-order chi connectivity index (χ0) is 11.8. The van der Waals surface area contributed by atoms with Crippen molar-refractivity contribution >= 4 is 5.82 Å². The lowest BCUT2D eigenvalue weighted by molar-refractivity contribution is 0.199. The van der Waals surface area contributed by atoms with Crippen molar-refractivity contribution < 1.29 is 5.11 Å². The second-order valence-electron chi connectivity index (χ2n) is 5.16. The van der Waals surface area contributed by atoms with Crippen molar-refractivity contribution in [3.8, 4) is 0 Å². The highest BCUT2D eigenvalue weighted by Crippen LogP contribution is 2.35. The third-order valence-corrected chi connectivity index (χ3v) is 3.42. The Bertz CT molecular complexity index is 374. The molecule has 1 aromatic rings. The van der Waals surface area contributed by atoms with E-state index in [1.807, 2.05) is 12.1 Å². The van der Waals surface area contributed by atoms with Crippen LogP contribution in [0.4, 0.5) is 5.82 Å². The van der Waals surface area contributed by atoms with Gasteiger partial charge < -0.3 is 10.0 Å². The van der Waals surface area contributed by atoms with Gasteiger partial charge in [-0.15, -0.1) is 0 Å². The molecule has 1 aliphatic heterocycles. The molecule has 88 valence electrons. The Balaban J connectivity index is 2.40. The second-order valence-corrected chi connectivity index (χ2v) is 5.16. The van der Waals surface area contributed by atoms with Crippen LogP contribution < -0.4 is 4.90 Å². The average molecular weight is 220 g/mol. The molecule has 1 saturated heterocycles. The van der Waals surface area contributed by atoms with Gasteiger partial charge in [-0.2, -0.15) is 0 Å². The van der Waals surface area contributed by atoms with Crippen LogP contribution in [0.3, 0.4) is 0 Å². The molecule has 1 N–H and O–H groups in total. The van der Waals surface area contributed by atoms with Crippen LogP contribution in [0.25, 0.3) is 0 Å². The monoisotopic (exact) mass is 220 g/mol. The van der Waals surface area contributed by atoms with Crippen LogP contribution in [0, 0.1) is 0 Å². The molecule has 0 saturated carbocycles. The van der Waals surface area contributed by atoms with E-state index >= 15 is 0 Å². The maximum absolute atomic E-state index is 9.77. The minimum atomic E-state index is -0.458. The van der Waals surface area contributed by atoms with Crippen LogP contribution in [0.15, 0.2) is 18.3 Å². The minimum absolute atomic E-state index is 0.151. The van der Waals surface area contributed by atoms with Gasteiger partial charge in [-0.3, -0.25) is 0 Å². The highest BCUT2D eigenvalue weighted by molar-refractivity contribution is 5.51. The molecule has 0 unspecified atom stereocenters. The molecule has 2 rings (SSSR count). The molecule has 3 heteroatoms. The number of aromatic nitrogens is 1. The van der Waals surface area contributed by atoms with Crippen molar-refractivity contribution in [1.82, 2.24) is 4.98 Å². The Morgan fingerprint density at radius 1 is 1.50 bits per heavy atom. The first-order valence-corrected chi connectivity index (χ1v) is 5.93. The fourth-order valence-electron chi connectivity index (χ4n) is 2.46. The molecule has 0 aromatic carbocycles. The number of aliphatic hydroxyl groups is 1. The van der Waals surface area contributed by atoms with Crippen LogP contribution in [-0.2, 0) is 0 Å². The van der Waals surface area contributed by atoms with E-state index in [1.54, 1.807) is 13.1 Å². The fourth-order valence-corrected chi connectivity index (χ4v) is 2.46. The van der Waals surface area contributed by atoms with Crippen LogP contribution >= 0.6 is 0 Å². The van der Waals surface area contributed by atoms with Crippen LogP contribution in [-0.4, -0.2) is 22.2 Å². The number of rotatable bonds is 2. The largest absolute Gasteiger partial charge is 0.389 e. The summed E-state index contributed by atoms with van der Waals surface area (Å²) in [5.74, 6) is 0.944. The van der Waals surface area contributed by atoms with Gasteiger partial charge in [-0.05, 0) is 39.7 Å². The summed E-state index contributed by atoms with van der Waals surface area (Å²) in [6, 6.07) is 3.84. The quantitative estimate of drug-likeness (QED) is 0.832. The number of nitrogens with zero attached hydrogens (tertiary/aromatic N) is 2. The maximum atomic E-state index is 9.77. The molecule has 0 aliphatic carbocycles. The molecular formula is C13H20N2O. The molecule has 16 heavy (non-hydrogen) atoms. The standard InChI is InChI=1S/C13H20N2O/c1-10(16)11-6-4-8-14-12(11)15-9-5-7-13(15,2)3/h4,6,8,10,16H,5,7,9H2,1-3H3/t10-/m0/s1. The van der Waals surface area contributed by atoms with Gasteiger partial charge in [0.1, 0.15) is 5.82 Å². The highest BCUT2D eigenvalue weighted by Gasteiger charge is 2.34. The lowest BCUT2D eigenvalue weighted by Gasteiger charge is -2.34. The van der Waals surface area contributed by atoms with Gasteiger partial charge in [-0.1, -0.05) is 6.07 Å². The van der Waals surface area contributed by atoms with Crippen molar-refractivity contribution in [3.63, 3.8) is 0 Å². The van der Waals surface area contributed by atoms with E-state index in [1.165, 1.54) is 12.8 Å². The van der Waals surface area contributed by atoms with Gasteiger partial charge in [0.05, 0.1) is 6.10 Å². The van der Waals surface area contributed by atoms with E-state index in [4.69, 9.17) is 0 Å². The molecule has 1 aliphatic rings. The van der Waals surface area contributed by atoms with Crippen LogP contribution in [0.2, 0.25) is 0 Å². The summed E-state index contributed by atoms with van der Waals surface area (Å²) in [6.45, 7) is 7.30. The summed E-state index contributed by atoms with van der Waals surface area (Å²) in [4.78, 5) is 6.76. The van der Waals surface area contributed by atoms with E-state index in [0.29, 0.717) is 0 Å². The number of anilines is 1. The van der Waals surface area contributed by atoms with Crippen molar-refractivity contribution in [3.05, 3.63) is 23.9 Å². The molecule has 1 fully saturated rings. The molecular weight excluding hydrogens is 200 g/mol. The SMILES string of the molecule is C[C@H](O)c1cccnc1N1CCCC1(C)C. The first-order valence-electron chi connectivity index (χ1n) is 5.93. The number of aliphatic hydroxyl groups excluding tert-OH is 1. The maximum Gasteiger partial charge on any atom is 0.134 e. The molecule has 2 heterocycles. The summed E-state index contributed by atoms with van der Waals surface area (Å²) in [6.07, 6.45) is 3.72. The fraction of sp³-hybridized carbons (Fsp3) is 0.615. The van der Waals surface area contributed by atoms with Gasteiger partial charge in [-0.25, -0.2) is 4.98 Å². The number of hydrogen-bond acceptors (Lipinski definition) is 3. The Morgan fingerprint density at radius 3 is 2.81 bits per heavy atom. The van der Waals surface area contributed by atoms with E-state index in [9.17, 15) is 5.11 Å². The van der Waals surface area contributed by atoms with Gasteiger partial charge in [0, 0.05) is 23.8 Å². The molecule has 0 radical (unpaired) electrons. The van der Waals surface area contributed by atoms with E-state index in [-0.39, 0.29) is 5.54 Å². The minimum Gasteiger partial charge on any atom is -0.389 e. The first kappa shape index (κ1) is 11.4. The summed E-state index contributed by atoms with van der Waals surface area (Å²) in [5.41, 5.74) is 1.08. The van der Waals surface area contributed by atoms with Gasteiger partial charge in [0.15, 0.2) is 0 Å². The van der Waals surface area contributed by atoms with E-state index in [2.05, 4.69) is 23.7 Å². The predicted molar refractivity (Wildman–Crippen MR) is 65.5 cm³/mol. The van der Waals surface area contributed by atoms with Crippen LogP contribution in [0.1, 0.15) is 45.3 Å². The van der Waals surface area contributed by atoms with Crippen LogP contribution in [0.5, 0.6) is 0 Å². The number of pyridine rings is 1. The van der Waals surface area contributed by atoms with Crippen molar-refractivity contribution in [2.45, 2.75) is 45.3 Å². The molecule has 0 amide bonds. The summed E-state index contributed by atoms with van der Waals surface area (Å²) < 4.78 is 0. The normalized spacial score (nSPS) is 21.1. The van der Waals surface area contributed by atoms with Gasteiger partial charge in [0.25, 0.3) is 0 Å². The topological polar surface area (TPSA) is 36.4 Å². The molecule has 0 spiro atoms. The zero-order valence-corrected chi connectivity index (χ0v) is 10.3. The second kappa shape index (κ2) is 4.06. The highest BCUT2D eigenvalue weighted by atomic mass is 16.3. The third kappa shape index (κ3) is 1.92. The first-order chi connectivity index (χ1) is 7.52. The van der Waals surface area contributed by atoms with Gasteiger partial charge >= 0.3 is 0 Å². The molecule has 1 atom stereocenters. The van der Waals surface area contributed by atoms with Gasteiger partial charge in [0.2, 0.25) is 0 Å². The summed E-state index contributed by atoms with van der Waals surface area (Å²) >= 11 is 0. The lowest BCUT2D eigenvalue weighted by Crippen LogP contribution is -2.39. The predicted octanol–water partition coefficient (Wildman–Crippen LogP) is 2.51. The zero-order valence-electron chi connectivity index (χ0n) is 10.3. The Labute approximate surface area is 97.1 Å². The van der Waals surface area contributed by atoms with Crippen molar-refractivity contribution in [1.29, 1.82) is 0 Å². The third-order valence-electron chi connectivity index (χ3n) is 3.42. The van der Waals surface area contributed by atoms with Crippen molar-refractivity contribution in [2.24, 2.45) is 0 Å². The Hall–Kier alpha value is -1.09. The summed E-state index contributed by atoms with van der Waals surface area (Å²) in [7, 11) is 0. The number of hydrogen-bond donors (Lipinski definition) is 1. The Kier molecular flexibility index (Phi) is 2.89. The summed E-state index contributed by atoms with van der Waals surface area (Å²) in [5, 5.41) is 9.77. The smallest absolute Gasteiger partial charge is 0.134 e. The Morgan fingerprint density at radius 2 is 2.25 bits per heavy atom. The molecule has 3 nitrogen and oxygen atoms in total. The van der Waals surface area contributed by atoms with E-state index in [0.717, 1.165) is 17.9 Å². The van der Waals surface area contributed by atoms with E-state index < -0.39 is 6.10 Å². The van der Waals surface area contributed by atoms with Crippen molar-refractivity contribution in [2.75, 3.05) is 11.4 Å². The molecule has 0 bridgehead atoms.